The van der Waals surface area contributed by atoms with E-state index in [1.54, 1.807) is 31.4 Å². The molecule has 8 heteroatoms. The SMILES string of the molecule is COc1ccc(/C=N/N2C(=O)/C(=C\c3ccccc3)N(C(C)=O)C2=S)cc1Br. The van der Waals surface area contributed by atoms with Crippen molar-refractivity contribution < 1.29 is 14.3 Å². The molecule has 3 rings (SSSR count). The van der Waals surface area contributed by atoms with Crippen LogP contribution in [-0.4, -0.2) is 40.2 Å². The van der Waals surface area contributed by atoms with Gasteiger partial charge in [-0.1, -0.05) is 30.3 Å². The molecule has 1 fully saturated rings. The number of amides is 2. The first-order chi connectivity index (χ1) is 13.4. The van der Waals surface area contributed by atoms with E-state index < -0.39 is 5.91 Å². The number of benzene rings is 2. The summed E-state index contributed by atoms with van der Waals surface area (Å²) in [6.45, 7) is 1.35. The summed E-state index contributed by atoms with van der Waals surface area (Å²) >= 11 is 8.72. The van der Waals surface area contributed by atoms with Gasteiger partial charge in [-0.3, -0.25) is 9.59 Å². The molecule has 1 aliphatic rings. The van der Waals surface area contributed by atoms with Gasteiger partial charge < -0.3 is 4.74 Å². The first kappa shape index (κ1) is 19.9. The summed E-state index contributed by atoms with van der Waals surface area (Å²) in [7, 11) is 1.58. The van der Waals surface area contributed by atoms with Crippen molar-refractivity contribution in [1.82, 2.24) is 9.91 Å². The van der Waals surface area contributed by atoms with Gasteiger partial charge in [0.25, 0.3) is 5.91 Å². The van der Waals surface area contributed by atoms with Gasteiger partial charge in [-0.05, 0) is 63.5 Å². The van der Waals surface area contributed by atoms with Gasteiger partial charge >= 0.3 is 0 Å². The fourth-order valence-corrected chi connectivity index (χ4v) is 3.53. The van der Waals surface area contributed by atoms with Crippen molar-refractivity contribution in [3.05, 3.63) is 69.8 Å². The molecule has 2 aromatic rings. The summed E-state index contributed by atoms with van der Waals surface area (Å²) in [5.41, 5.74) is 1.68. The van der Waals surface area contributed by atoms with Crippen LogP contribution in [0.2, 0.25) is 0 Å². The number of ether oxygens (including phenoxy) is 1. The minimum absolute atomic E-state index is 0.0171. The summed E-state index contributed by atoms with van der Waals surface area (Å²) in [6.07, 6.45) is 3.12. The maximum atomic E-state index is 12.9. The first-order valence-corrected chi connectivity index (χ1v) is 9.46. The molecule has 1 saturated heterocycles. The maximum absolute atomic E-state index is 12.9. The minimum Gasteiger partial charge on any atom is -0.496 e. The second-order valence-electron chi connectivity index (χ2n) is 5.83. The topological polar surface area (TPSA) is 62.2 Å². The van der Waals surface area contributed by atoms with Gasteiger partial charge in [0, 0.05) is 6.92 Å². The van der Waals surface area contributed by atoms with E-state index in [1.807, 2.05) is 30.3 Å². The highest BCUT2D eigenvalue weighted by Gasteiger charge is 2.40. The molecule has 0 N–H and O–H groups in total. The zero-order valence-electron chi connectivity index (χ0n) is 15.1. The van der Waals surface area contributed by atoms with Gasteiger partial charge in [-0.25, -0.2) is 4.90 Å². The highest BCUT2D eigenvalue weighted by Crippen LogP contribution is 2.26. The minimum atomic E-state index is -0.465. The Morgan fingerprint density at radius 1 is 1.18 bits per heavy atom. The van der Waals surface area contributed by atoms with E-state index in [2.05, 4.69) is 21.0 Å². The van der Waals surface area contributed by atoms with Crippen LogP contribution in [0, 0.1) is 0 Å². The Morgan fingerprint density at radius 3 is 2.50 bits per heavy atom. The van der Waals surface area contributed by atoms with Crippen LogP contribution in [0.4, 0.5) is 0 Å². The molecule has 0 spiro atoms. The number of hydrogen-bond acceptors (Lipinski definition) is 5. The molecular formula is C20H16BrN3O3S. The Kier molecular flexibility index (Phi) is 6.01. The summed E-state index contributed by atoms with van der Waals surface area (Å²) in [5, 5.41) is 5.26. The van der Waals surface area contributed by atoms with E-state index in [0.29, 0.717) is 5.75 Å². The second kappa shape index (κ2) is 8.45. The molecule has 6 nitrogen and oxygen atoms in total. The van der Waals surface area contributed by atoms with Crippen LogP contribution in [0.5, 0.6) is 5.75 Å². The standard InChI is InChI=1S/C20H16BrN3O3S/c1-13(25)23-17(11-14-6-4-3-5-7-14)19(26)24(20(23)28)22-12-15-8-9-18(27-2)16(21)10-15/h3-12H,1-2H3/b17-11+,22-12+. The molecule has 1 aliphatic heterocycles. The Morgan fingerprint density at radius 2 is 1.89 bits per heavy atom. The molecule has 0 atom stereocenters. The van der Waals surface area contributed by atoms with Crippen molar-refractivity contribution in [3.8, 4) is 5.75 Å². The Labute approximate surface area is 176 Å². The number of hydrogen-bond donors (Lipinski definition) is 0. The van der Waals surface area contributed by atoms with Gasteiger partial charge in [0.1, 0.15) is 11.4 Å². The molecule has 2 amide bonds. The summed E-state index contributed by atoms with van der Waals surface area (Å²) < 4.78 is 5.95. The number of rotatable bonds is 4. The van der Waals surface area contributed by atoms with E-state index in [0.717, 1.165) is 20.6 Å². The Bertz CT molecular complexity index is 1010. The van der Waals surface area contributed by atoms with E-state index >= 15 is 0 Å². The molecular weight excluding hydrogens is 442 g/mol. The van der Waals surface area contributed by atoms with Gasteiger partial charge in [0.05, 0.1) is 17.8 Å². The summed E-state index contributed by atoms with van der Waals surface area (Å²) in [5.74, 6) is -0.140. The lowest BCUT2D eigenvalue weighted by molar-refractivity contribution is -0.126. The van der Waals surface area contributed by atoms with Crippen molar-refractivity contribution >= 4 is 57.4 Å². The molecule has 1 heterocycles. The van der Waals surface area contributed by atoms with Gasteiger partial charge in [0.15, 0.2) is 0 Å². The number of carbonyl (C=O) groups excluding carboxylic acids is 2. The van der Waals surface area contributed by atoms with Crippen LogP contribution in [0.15, 0.2) is 63.8 Å². The third-order valence-corrected chi connectivity index (χ3v) is 4.92. The lowest BCUT2D eigenvalue weighted by Gasteiger charge is -2.13. The number of halogens is 1. The maximum Gasteiger partial charge on any atom is 0.297 e. The number of nitrogens with zero attached hydrogens (tertiary/aromatic N) is 3. The average Bonchev–Trinajstić information content (AvgIpc) is 2.91. The van der Waals surface area contributed by atoms with E-state index in [-0.39, 0.29) is 16.7 Å². The van der Waals surface area contributed by atoms with Crippen LogP contribution in [-0.2, 0) is 9.59 Å². The van der Waals surface area contributed by atoms with E-state index in [1.165, 1.54) is 18.0 Å². The number of hydrazone groups is 1. The van der Waals surface area contributed by atoms with E-state index in [4.69, 9.17) is 17.0 Å². The zero-order chi connectivity index (χ0) is 20.3. The van der Waals surface area contributed by atoms with Crippen molar-refractivity contribution in [2.75, 3.05) is 7.11 Å². The fourth-order valence-electron chi connectivity index (χ4n) is 2.62. The predicted octanol–water partition coefficient (Wildman–Crippen LogP) is 3.81. The smallest absolute Gasteiger partial charge is 0.297 e. The number of thiocarbonyl (C=S) groups is 1. The van der Waals surface area contributed by atoms with Crippen LogP contribution in [0.25, 0.3) is 6.08 Å². The van der Waals surface area contributed by atoms with Gasteiger partial charge in [-0.15, -0.1) is 0 Å². The third-order valence-electron chi connectivity index (χ3n) is 3.94. The molecule has 142 valence electrons. The monoisotopic (exact) mass is 457 g/mol. The molecule has 28 heavy (non-hydrogen) atoms. The Balaban J connectivity index is 1.93. The largest absolute Gasteiger partial charge is 0.496 e. The molecule has 0 aromatic heterocycles. The average molecular weight is 458 g/mol. The van der Waals surface area contributed by atoms with Crippen molar-refractivity contribution in [3.63, 3.8) is 0 Å². The number of carbonyl (C=O) groups is 2. The molecule has 2 aromatic carbocycles. The highest BCUT2D eigenvalue weighted by atomic mass is 79.9. The van der Waals surface area contributed by atoms with Crippen molar-refractivity contribution in [2.24, 2.45) is 5.10 Å². The van der Waals surface area contributed by atoms with Gasteiger partial charge in [0.2, 0.25) is 11.0 Å². The number of methoxy groups -OCH3 is 1. The molecule has 0 saturated carbocycles. The summed E-state index contributed by atoms with van der Waals surface area (Å²) in [6, 6.07) is 14.6. The zero-order valence-corrected chi connectivity index (χ0v) is 17.5. The highest BCUT2D eigenvalue weighted by molar-refractivity contribution is 9.10. The second-order valence-corrected chi connectivity index (χ2v) is 7.05. The predicted molar refractivity (Wildman–Crippen MR) is 115 cm³/mol. The van der Waals surface area contributed by atoms with E-state index in [9.17, 15) is 9.59 Å². The lowest BCUT2D eigenvalue weighted by atomic mass is 10.2. The Hall–Kier alpha value is -2.84. The third kappa shape index (κ3) is 4.02. The van der Waals surface area contributed by atoms with Gasteiger partial charge in [-0.2, -0.15) is 10.1 Å². The quantitative estimate of drug-likeness (QED) is 0.397. The fraction of sp³-hybridized carbons (Fsp3) is 0.100. The van der Waals surface area contributed by atoms with Crippen molar-refractivity contribution in [1.29, 1.82) is 0 Å². The molecule has 0 aliphatic carbocycles. The van der Waals surface area contributed by atoms with Crippen LogP contribution in [0.1, 0.15) is 18.1 Å². The first-order valence-electron chi connectivity index (χ1n) is 8.25. The van der Waals surface area contributed by atoms with Crippen molar-refractivity contribution in [2.45, 2.75) is 6.92 Å². The molecule has 0 radical (unpaired) electrons. The molecule has 0 bridgehead atoms. The lowest BCUT2D eigenvalue weighted by Crippen LogP contribution is -2.32. The summed E-state index contributed by atoms with van der Waals surface area (Å²) in [4.78, 5) is 26.1. The normalized spacial score (nSPS) is 15.8. The van der Waals surface area contributed by atoms with Crippen LogP contribution >= 0.6 is 28.1 Å². The van der Waals surface area contributed by atoms with Crippen LogP contribution < -0.4 is 4.74 Å². The van der Waals surface area contributed by atoms with Crippen LogP contribution in [0.3, 0.4) is 0 Å². The molecule has 0 unspecified atom stereocenters.